The van der Waals surface area contributed by atoms with Gasteiger partial charge in [0.15, 0.2) is 0 Å². The molecule has 5 nitrogen and oxygen atoms in total. The maximum atomic E-state index is 12.3. The fourth-order valence-corrected chi connectivity index (χ4v) is 4.67. The van der Waals surface area contributed by atoms with Gasteiger partial charge in [0.1, 0.15) is 10.0 Å². The smallest absolute Gasteiger partial charge is 0.272 e. The number of hydrogen-bond acceptors (Lipinski definition) is 5. The molecule has 0 atom stereocenters. The fourth-order valence-electron chi connectivity index (χ4n) is 2.38. The summed E-state index contributed by atoms with van der Waals surface area (Å²) in [5.74, 6) is 0.289. The number of nitrogens with one attached hydrogen (secondary N) is 2. The van der Waals surface area contributed by atoms with Crippen molar-refractivity contribution >= 4 is 38.6 Å². The molecule has 0 radical (unpaired) electrons. The lowest BCUT2D eigenvalue weighted by Crippen LogP contribution is -2.12. The zero-order chi connectivity index (χ0) is 18.0. The van der Waals surface area contributed by atoms with Gasteiger partial charge in [-0.1, -0.05) is 17.7 Å². The highest BCUT2D eigenvalue weighted by molar-refractivity contribution is 7.94. The van der Waals surface area contributed by atoms with Crippen LogP contribution in [0.2, 0.25) is 0 Å². The van der Waals surface area contributed by atoms with Crippen LogP contribution in [-0.4, -0.2) is 13.4 Å². The van der Waals surface area contributed by atoms with Gasteiger partial charge >= 0.3 is 0 Å². The third-order valence-electron chi connectivity index (χ3n) is 3.64. The van der Waals surface area contributed by atoms with E-state index in [-0.39, 0.29) is 10.0 Å². The summed E-state index contributed by atoms with van der Waals surface area (Å²) >= 11 is 1.23. The Kier molecular flexibility index (Phi) is 4.78. The van der Waals surface area contributed by atoms with Crippen LogP contribution in [0.25, 0.3) is 0 Å². The fraction of sp³-hybridized carbons (Fsp3) is 0.167. The Morgan fingerprint density at radius 1 is 1.00 bits per heavy atom. The molecule has 0 saturated heterocycles. The van der Waals surface area contributed by atoms with Crippen molar-refractivity contribution in [2.75, 3.05) is 10.0 Å². The Labute approximate surface area is 151 Å². The summed E-state index contributed by atoms with van der Waals surface area (Å²) in [6.45, 7) is 5.96. The zero-order valence-corrected chi connectivity index (χ0v) is 15.8. The van der Waals surface area contributed by atoms with Crippen molar-refractivity contribution in [3.05, 3.63) is 64.7 Å². The maximum absolute atomic E-state index is 12.3. The monoisotopic (exact) mass is 373 g/mol. The summed E-state index contributed by atoms with van der Waals surface area (Å²) in [4.78, 5) is 5.14. The van der Waals surface area contributed by atoms with Crippen LogP contribution in [0.4, 0.5) is 17.2 Å². The summed E-state index contributed by atoms with van der Waals surface area (Å²) in [6.07, 6.45) is 1.61. The first-order chi connectivity index (χ1) is 11.8. The molecule has 0 unspecified atom stereocenters. The number of pyridine rings is 1. The molecule has 0 aliphatic heterocycles. The predicted molar refractivity (Wildman–Crippen MR) is 103 cm³/mol. The lowest BCUT2D eigenvalue weighted by molar-refractivity contribution is 0.603. The number of sulfonamides is 1. The normalized spacial score (nSPS) is 11.3. The molecule has 2 N–H and O–H groups in total. The second-order valence-corrected chi connectivity index (χ2v) is 9.04. The van der Waals surface area contributed by atoms with E-state index in [1.165, 1.54) is 16.9 Å². The van der Waals surface area contributed by atoms with E-state index >= 15 is 0 Å². The molecule has 0 amide bonds. The summed E-state index contributed by atoms with van der Waals surface area (Å²) < 4.78 is 27.4. The number of benzene rings is 1. The highest BCUT2D eigenvalue weighted by Gasteiger charge is 2.16. The van der Waals surface area contributed by atoms with Crippen LogP contribution in [0.3, 0.4) is 0 Å². The molecule has 7 heteroatoms. The molecule has 130 valence electrons. The molecule has 1 aromatic carbocycles. The average molecular weight is 374 g/mol. The van der Waals surface area contributed by atoms with Gasteiger partial charge in [0.2, 0.25) is 0 Å². The Bertz CT molecular complexity index is 993. The van der Waals surface area contributed by atoms with E-state index < -0.39 is 10.0 Å². The van der Waals surface area contributed by atoms with Gasteiger partial charge in [-0.25, -0.2) is 13.4 Å². The van der Waals surface area contributed by atoms with Gasteiger partial charge in [-0.3, -0.25) is 4.72 Å². The highest BCUT2D eigenvalue weighted by Crippen LogP contribution is 2.24. The maximum Gasteiger partial charge on any atom is 0.272 e. The number of rotatable bonds is 5. The van der Waals surface area contributed by atoms with Crippen molar-refractivity contribution in [1.29, 1.82) is 0 Å². The van der Waals surface area contributed by atoms with Crippen LogP contribution in [-0.2, 0) is 10.0 Å². The van der Waals surface area contributed by atoms with E-state index in [0.717, 1.165) is 21.8 Å². The molecule has 25 heavy (non-hydrogen) atoms. The molecule has 0 aliphatic carbocycles. The van der Waals surface area contributed by atoms with Crippen molar-refractivity contribution < 1.29 is 8.42 Å². The van der Waals surface area contributed by atoms with E-state index in [1.54, 1.807) is 30.5 Å². The second-order valence-electron chi connectivity index (χ2n) is 5.85. The Morgan fingerprint density at radius 2 is 1.80 bits per heavy atom. The summed E-state index contributed by atoms with van der Waals surface area (Å²) in [5, 5.41) is 3.29. The van der Waals surface area contributed by atoms with Crippen LogP contribution in [0.5, 0.6) is 0 Å². The van der Waals surface area contributed by atoms with Crippen molar-refractivity contribution in [2.24, 2.45) is 0 Å². The van der Waals surface area contributed by atoms with Crippen LogP contribution < -0.4 is 10.0 Å². The first kappa shape index (κ1) is 17.4. The van der Waals surface area contributed by atoms with Crippen LogP contribution in [0.15, 0.2) is 52.9 Å². The highest BCUT2D eigenvalue weighted by atomic mass is 32.2. The molecule has 3 aromatic rings. The average Bonchev–Trinajstić information content (AvgIpc) is 2.99. The van der Waals surface area contributed by atoms with Crippen molar-refractivity contribution in [1.82, 2.24) is 4.98 Å². The van der Waals surface area contributed by atoms with Crippen molar-refractivity contribution in [2.45, 2.75) is 25.0 Å². The standard InChI is InChI=1S/C18H19N3O2S2/c1-12-4-7-16(13(2)10-12)20-15-6-8-17(19-11-15)21-25(22,23)18-9-5-14(3)24-18/h4-11,20H,1-3H3,(H,19,21). The topological polar surface area (TPSA) is 71.1 Å². The molecule has 0 bridgehead atoms. The van der Waals surface area contributed by atoms with E-state index in [9.17, 15) is 8.42 Å². The zero-order valence-electron chi connectivity index (χ0n) is 14.2. The number of aryl methyl sites for hydroxylation is 3. The van der Waals surface area contributed by atoms with Crippen LogP contribution >= 0.6 is 11.3 Å². The largest absolute Gasteiger partial charge is 0.354 e. The molecule has 3 rings (SSSR count). The molecule has 0 aliphatic rings. The SMILES string of the molecule is Cc1ccc(Nc2ccc(NS(=O)(=O)c3ccc(C)s3)nc2)c(C)c1. The van der Waals surface area contributed by atoms with Crippen LogP contribution in [0, 0.1) is 20.8 Å². The Hall–Kier alpha value is -2.38. The Balaban J connectivity index is 1.74. The minimum Gasteiger partial charge on any atom is -0.354 e. The van der Waals surface area contributed by atoms with E-state index in [2.05, 4.69) is 21.1 Å². The molecular formula is C18H19N3O2S2. The second kappa shape index (κ2) is 6.85. The molecule has 2 heterocycles. The molecular weight excluding hydrogens is 354 g/mol. The molecule has 0 spiro atoms. The number of aromatic nitrogens is 1. The molecule has 0 saturated carbocycles. The number of nitrogens with zero attached hydrogens (tertiary/aromatic N) is 1. The van der Waals surface area contributed by atoms with Gasteiger partial charge in [0.25, 0.3) is 10.0 Å². The van der Waals surface area contributed by atoms with Gasteiger partial charge in [0, 0.05) is 10.6 Å². The number of thiophene rings is 1. The van der Waals surface area contributed by atoms with Gasteiger partial charge in [-0.05, 0) is 56.7 Å². The minimum absolute atomic E-state index is 0.282. The lowest BCUT2D eigenvalue weighted by atomic mass is 10.1. The summed E-state index contributed by atoms with van der Waals surface area (Å²) in [6, 6.07) is 13.0. The van der Waals surface area contributed by atoms with Gasteiger partial charge in [-0.2, -0.15) is 0 Å². The summed E-state index contributed by atoms with van der Waals surface area (Å²) in [7, 11) is -3.59. The quantitative estimate of drug-likeness (QED) is 0.685. The van der Waals surface area contributed by atoms with Gasteiger partial charge in [0.05, 0.1) is 11.9 Å². The predicted octanol–water partition coefficient (Wildman–Crippen LogP) is 4.61. The Morgan fingerprint density at radius 3 is 2.40 bits per heavy atom. The van der Waals surface area contributed by atoms with E-state index in [4.69, 9.17) is 0 Å². The van der Waals surface area contributed by atoms with Crippen LogP contribution in [0.1, 0.15) is 16.0 Å². The van der Waals surface area contributed by atoms with E-state index in [0.29, 0.717) is 0 Å². The number of anilines is 3. The van der Waals surface area contributed by atoms with Crippen molar-refractivity contribution in [3.63, 3.8) is 0 Å². The van der Waals surface area contributed by atoms with Gasteiger partial charge < -0.3 is 5.32 Å². The number of hydrogen-bond donors (Lipinski definition) is 2. The first-order valence-corrected chi connectivity index (χ1v) is 10.0. The first-order valence-electron chi connectivity index (χ1n) is 7.73. The molecule has 2 aromatic heterocycles. The third-order valence-corrected chi connectivity index (χ3v) is 6.49. The summed E-state index contributed by atoms with van der Waals surface area (Å²) in [5.41, 5.74) is 4.13. The molecule has 0 fully saturated rings. The van der Waals surface area contributed by atoms with Crippen molar-refractivity contribution in [3.8, 4) is 0 Å². The third kappa shape index (κ3) is 4.18. The lowest BCUT2D eigenvalue weighted by Gasteiger charge is -2.11. The van der Waals surface area contributed by atoms with Gasteiger partial charge in [-0.15, -0.1) is 11.3 Å². The van der Waals surface area contributed by atoms with E-state index in [1.807, 2.05) is 32.9 Å². The minimum atomic E-state index is -3.59.